The summed E-state index contributed by atoms with van der Waals surface area (Å²) in [5.41, 5.74) is 0.489. The molecule has 2 N–H and O–H groups in total. The molecule has 0 heterocycles. The van der Waals surface area contributed by atoms with Crippen LogP contribution in [0, 0.1) is 24.1 Å². The van der Waals surface area contributed by atoms with Gasteiger partial charge in [-0.3, -0.25) is 0 Å². The molecule has 0 amide bonds. The predicted molar refractivity (Wildman–Crippen MR) is 52.2 cm³/mol. The number of halogens is 1. The van der Waals surface area contributed by atoms with Gasteiger partial charge in [0.2, 0.25) is 0 Å². The van der Waals surface area contributed by atoms with Crippen molar-refractivity contribution in [2.24, 2.45) is 0 Å². The van der Waals surface area contributed by atoms with Gasteiger partial charge in [0.15, 0.2) is 0 Å². The SMILES string of the molecule is Cc1c(F)cc(C(=O)O)cc1NCC#N. The smallest absolute Gasteiger partial charge is 0.335 e. The van der Waals surface area contributed by atoms with E-state index in [0.717, 1.165) is 6.07 Å². The van der Waals surface area contributed by atoms with Crippen molar-refractivity contribution < 1.29 is 14.3 Å². The molecule has 0 radical (unpaired) electrons. The molecule has 4 nitrogen and oxygen atoms in total. The van der Waals surface area contributed by atoms with Crippen LogP contribution in [-0.4, -0.2) is 17.6 Å². The van der Waals surface area contributed by atoms with E-state index in [1.165, 1.54) is 13.0 Å². The predicted octanol–water partition coefficient (Wildman–Crippen LogP) is 1.77. The zero-order valence-corrected chi connectivity index (χ0v) is 8.04. The van der Waals surface area contributed by atoms with E-state index < -0.39 is 11.8 Å². The topological polar surface area (TPSA) is 73.1 Å². The van der Waals surface area contributed by atoms with Crippen molar-refractivity contribution in [3.63, 3.8) is 0 Å². The van der Waals surface area contributed by atoms with Crippen LogP contribution in [0.2, 0.25) is 0 Å². The lowest BCUT2D eigenvalue weighted by atomic mass is 10.1. The molecule has 78 valence electrons. The Morgan fingerprint density at radius 1 is 1.67 bits per heavy atom. The minimum atomic E-state index is -1.20. The fourth-order valence-electron chi connectivity index (χ4n) is 1.12. The highest BCUT2D eigenvalue weighted by molar-refractivity contribution is 5.89. The molecule has 0 bridgehead atoms. The molecule has 0 aliphatic heterocycles. The van der Waals surface area contributed by atoms with E-state index in [9.17, 15) is 9.18 Å². The number of carboxylic acids is 1. The van der Waals surface area contributed by atoms with Gasteiger partial charge in [0.1, 0.15) is 12.4 Å². The molecule has 0 saturated heterocycles. The van der Waals surface area contributed by atoms with Crippen LogP contribution in [0.1, 0.15) is 15.9 Å². The number of carboxylic acid groups (broad SMARTS) is 1. The number of rotatable bonds is 3. The Bertz CT molecular complexity index is 438. The average molecular weight is 208 g/mol. The molecule has 1 aromatic rings. The van der Waals surface area contributed by atoms with E-state index in [1.807, 2.05) is 6.07 Å². The number of hydrogen-bond donors (Lipinski definition) is 2. The van der Waals surface area contributed by atoms with E-state index >= 15 is 0 Å². The second-order valence-electron chi connectivity index (χ2n) is 2.95. The standard InChI is InChI=1S/C10H9FN2O2/c1-6-8(11)4-7(10(14)15)5-9(6)13-3-2-12/h4-5,13H,3H2,1H3,(H,14,15). The zero-order valence-electron chi connectivity index (χ0n) is 8.04. The van der Waals surface area contributed by atoms with Gasteiger partial charge in [-0.2, -0.15) is 5.26 Å². The Morgan fingerprint density at radius 3 is 2.87 bits per heavy atom. The third-order valence-corrected chi connectivity index (χ3v) is 1.95. The van der Waals surface area contributed by atoms with Crippen LogP contribution in [0.4, 0.5) is 10.1 Å². The molecule has 0 aliphatic carbocycles. The molecule has 5 heteroatoms. The number of nitrogens with zero attached hydrogens (tertiary/aromatic N) is 1. The highest BCUT2D eigenvalue weighted by Gasteiger charge is 2.10. The summed E-state index contributed by atoms with van der Waals surface area (Å²) < 4.78 is 13.2. The van der Waals surface area contributed by atoms with E-state index in [0.29, 0.717) is 11.3 Å². The average Bonchev–Trinajstić information content (AvgIpc) is 2.19. The first-order valence-corrected chi connectivity index (χ1v) is 4.20. The maximum atomic E-state index is 13.2. The van der Waals surface area contributed by atoms with Crippen molar-refractivity contribution >= 4 is 11.7 Å². The highest BCUT2D eigenvalue weighted by atomic mass is 19.1. The number of aromatic carboxylic acids is 1. The first-order valence-electron chi connectivity index (χ1n) is 4.20. The summed E-state index contributed by atoms with van der Waals surface area (Å²) in [6.07, 6.45) is 0. The summed E-state index contributed by atoms with van der Waals surface area (Å²) in [5, 5.41) is 19.7. The summed E-state index contributed by atoms with van der Waals surface area (Å²) in [7, 11) is 0. The van der Waals surface area contributed by atoms with Gasteiger partial charge in [-0.25, -0.2) is 9.18 Å². The lowest BCUT2D eigenvalue weighted by molar-refractivity contribution is 0.0696. The third kappa shape index (κ3) is 2.44. The second-order valence-corrected chi connectivity index (χ2v) is 2.95. The van der Waals surface area contributed by atoms with Crippen molar-refractivity contribution in [2.45, 2.75) is 6.92 Å². The molecule has 1 rings (SSSR count). The van der Waals surface area contributed by atoms with Crippen molar-refractivity contribution in [1.29, 1.82) is 5.26 Å². The molecule has 0 unspecified atom stereocenters. The zero-order chi connectivity index (χ0) is 11.4. The Labute approximate surface area is 86.0 Å². The molecule has 0 atom stereocenters. The number of carbonyl (C=O) groups is 1. The number of hydrogen-bond acceptors (Lipinski definition) is 3. The minimum Gasteiger partial charge on any atom is -0.478 e. The Hall–Kier alpha value is -2.09. The summed E-state index contributed by atoms with van der Waals surface area (Å²) in [6, 6.07) is 4.09. The van der Waals surface area contributed by atoms with Crippen LogP contribution in [0.5, 0.6) is 0 Å². The third-order valence-electron chi connectivity index (χ3n) is 1.95. The number of nitrogens with one attached hydrogen (secondary N) is 1. The lowest BCUT2D eigenvalue weighted by Gasteiger charge is -2.08. The van der Waals surface area contributed by atoms with Gasteiger partial charge in [-0.15, -0.1) is 0 Å². The Morgan fingerprint density at radius 2 is 2.33 bits per heavy atom. The molecule has 1 aromatic carbocycles. The largest absolute Gasteiger partial charge is 0.478 e. The highest BCUT2D eigenvalue weighted by Crippen LogP contribution is 2.20. The lowest BCUT2D eigenvalue weighted by Crippen LogP contribution is -2.05. The van der Waals surface area contributed by atoms with Crippen molar-refractivity contribution in [3.8, 4) is 6.07 Å². The van der Waals surface area contributed by atoms with Crippen LogP contribution in [0.3, 0.4) is 0 Å². The van der Waals surface area contributed by atoms with Gasteiger partial charge in [-0.1, -0.05) is 0 Å². The van der Waals surface area contributed by atoms with Crippen molar-refractivity contribution in [3.05, 3.63) is 29.1 Å². The van der Waals surface area contributed by atoms with Crippen LogP contribution >= 0.6 is 0 Å². The number of nitriles is 1. The van der Waals surface area contributed by atoms with E-state index in [4.69, 9.17) is 10.4 Å². The number of benzene rings is 1. The van der Waals surface area contributed by atoms with E-state index in [2.05, 4.69) is 5.32 Å². The molecule has 0 fully saturated rings. The minimum absolute atomic E-state index is 0.00333. The molecule has 0 aliphatic rings. The molecule has 0 aromatic heterocycles. The van der Waals surface area contributed by atoms with Gasteiger partial charge >= 0.3 is 5.97 Å². The van der Waals surface area contributed by atoms with Gasteiger partial charge < -0.3 is 10.4 Å². The number of anilines is 1. The van der Waals surface area contributed by atoms with Crippen LogP contribution in [0.25, 0.3) is 0 Å². The first kappa shape index (κ1) is 11.0. The normalized spacial score (nSPS) is 9.40. The van der Waals surface area contributed by atoms with Crippen molar-refractivity contribution in [2.75, 3.05) is 11.9 Å². The summed E-state index contributed by atoms with van der Waals surface area (Å²) in [5.74, 6) is -1.80. The van der Waals surface area contributed by atoms with Gasteiger partial charge in [-0.05, 0) is 19.1 Å². The molecule has 15 heavy (non-hydrogen) atoms. The van der Waals surface area contributed by atoms with Gasteiger partial charge in [0.05, 0.1) is 11.6 Å². The first-order chi connectivity index (χ1) is 7.06. The van der Waals surface area contributed by atoms with E-state index in [1.54, 1.807) is 0 Å². The maximum Gasteiger partial charge on any atom is 0.335 e. The van der Waals surface area contributed by atoms with Gasteiger partial charge in [0.25, 0.3) is 0 Å². The van der Waals surface area contributed by atoms with Crippen LogP contribution in [-0.2, 0) is 0 Å². The van der Waals surface area contributed by atoms with Crippen LogP contribution in [0.15, 0.2) is 12.1 Å². The summed E-state index contributed by atoms with van der Waals surface area (Å²) in [4.78, 5) is 10.6. The summed E-state index contributed by atoms with van der Waals surface area (Å²) >= 11 is 0. The quantitative estimate of drug-likeness (QED) is 0.742. The summed E-state index contributed by atoms with van der Waals surface area (Å²) in [6.45, 7) is 1.52. The fraction of sp³-hybridized carbons (Fsp3) is 0.200. The van der Waals surface area contributed by atoms with E-state index in [-0.39, 0.29) is 12.1 Å². The van der Waals surface area contributed by atoms with Crippen LogP contribution < -0.4 is 5.32 Å². The fourth-order valence-corrected chi connectivity index (χ4v) is 1.12. The second kappa shape index (κ2) is 4.42. The molecule has 0 saturated carbocycles. The monoisotopic (exact) mass is 208 g/mol. The van der Waals surface area contributed by atoms with Gasteiger partial charge in [0, 0.05) is 11.3 Å². The Kier molecular flexibility index (Phi) is 3.24. The van der Waals surface area contributed by atoms with Crippen molar-refractivity contribution in [1.82, 2.24) is 0 Å². The Balaban J connectivity index is 3.14. The maximum absolute atomic E-state index is 13.2. The molecular weight excluding hydrogens is 199 g/mol. The molecule has 0 spiro atoms. The molecular formula is C10H9FN2O2.